The van der Waals surface area contributed by atoms with Crippen LogP contribution < -0.4 is 4.90 Å². The van der Waals surface area contributed by atoms with Gasteiger partial charge in [-0.2, -0.15) is 0 Å². The van der Waals surface area contributed by atoms with E-state index in [1.165, 1.54) is 24.9 Å². The first-order valence-corrected chi connectivity index (χ1v) is 12.3. The molecule has 0 saturated heterocycles. The summed E-state index contributed by atoms with van der Waals surface area (Å²) in [6, 6.07) is 11.9. The first kappa shape index (κ1) is 23.5. The Kier molecular flexibility index (Phi) is 7.93. The van der Waals surface area contributed by atoms with E-state index in [0.717, 1.165) is 47.0 Å². The number of esters is 1. The predicted octanol–water partition coefficient (Wildman–Crippen LogP) is 6.80. The second-order valence-electron chi connectivity index (χ2n) is 9.01. The topological polar surface area (TPSA) is 46.6 Å². The largest absolute Gasteiger partial charge is 0.465 e. The fourth-order valence-corrected chi connectivity index (χ4v) is 5.61. The maximum Gasteiger partial charge on any atom is 0.340 e. The zero-order valence-corrected chi connectivity index (χ0v) is 20.2. The molecule has 1 saturated carbocycles. The molecule has 0 N–H and O–H groups in total. The van der Waals surface area contributed by atoms with Crippen molar-refractivity contribution in [3.8, 4) is 10.4 Å². The van der Waals surface area contributed by atoms with Crippen molar-refractivity contribution in [1.82, 2.24) is 0 Å². The normalized spacial score (nSPS) is 19.8. The van der Waals surface area contributed by atoms with Gasteiger partial charge in [0.05, 0.1) is 12.7 Å². The Labute approximate surface area is 190 Å². The van der Waals surface area contributed by atoms with E-state index in [9.17, 15) is 9.59 Å². The summed E-state index contributed by atoms with van der Waals surface area (Å²) in [5.74, 6) is 0.789. The van der Waals surface area contributed by atoms with Crippen LogP contribution in [0, 0.1) is 17.8 Å². The molecule has 4 nitrogen and oxygen atoms in total. The second-order valence-corrected chi connectivity index (χ2v) is 10.0. The fraction of sp³-hybridized carbons (Fsp3) is 0.538. The molecule has 3 rings (SSSR count). The molecule has 1 atom stereocenters. The summed E-state index contributed by atoms with van der Waals surface area (Å²) in [4.78, 5) is 29.4. The van der Waals surface area contributed by atoms with E-state index in [0.29, 0.717) is 5.56 Å². The number of methoxy groups -OCH3 is 1. The van der Waals surface area contributed by atoms with Gasteiger partial charge in [0.2, 0.25) is 5.91 Å². The van der Waals surface area contributed by atoms with Gasteiger partial charge in [0.25, 0.3) is 0 Å². The number of amides is 1. The molecule has 1 aliphatic carbocycles. The number of hydrogen-bond acceptors (Lipinski definition) is 4. The van der Waals surface area contributed by atoms with E-state index in [2.05, 4.69) is 27.7 Å². The average Bonchev–Trinajstić information content (AvgIpc) is 3.24. The summed E-state index contributed by atoms with van der Waals surface area (Å²) in [6.07, 6.45) is 5.28. The molecular formula is C26H35NO3S. The van der Waals surface area contributed by atoms with Crippen LogP contribution in [0.5, 0.6) is 0 Å². The molecule has 0 radical (unpaired) electrons. The van der Waals surface area contributed by atoms with Crippen LogP contribution >= 0.6 is 11.3 Å². The lowest BCUT2D eigenvalue weighted by Crippen LogP contribution is -2.45. The first-order chi connectivity index (χ1) is 14.9. The molecule has 0 aliphatic heterocycles. The van der Waals surface area contributed by atoms with Crippen molar-refractivity contribution < 1.29 is 14.3 Å². The Hall–Kier alpha value is -2.14. The third-order valence-electron chi connectivity index (χ3n) is 6.78. The van der Waals surface area contributed by atoms with Crippen LogP contribution in [0.3, 0.4) is 0 Å². The minimum Gasteiger partial charge on any atom is -0.465 e. The van der Waals surface area contributed by atoms with Crippen LogP contribution in [0.25, 0.3) is 10.4 Å². The molecule has 0 bridgehead atoms. The molecule has 1 unspecified atom stereocenters. The summed E-state index contributed by atoms with van der Waals surface area (Å²) in [5.41, 5.74) is 1.52. The lowest BCUT2D eigenvalue weighted by atomic mass is 9.80. The molecule has 31 heavy (non-hydrogen) atoms. The maximum absolute atomic E-state index is 13.8. The number of anilines is 1. The average molecular weight is 442 g/mol. The minimum absolute atomic E-state index is 0.0120. The van der Waals surface area contributed by atoms with Crippen molar-refractivity contribution in [1.29, 1.82) is 0 Å². The summed E-state index contributed by atoms with van der Waals surface area (Å²) in [6.45, 7) is 8.58. The van der Waals surface area contributed by atoms with Crippen LogP contribution in [-0.4, -0.2) is 25.0 Å². The van der Waals surface area contributed by atoms with Gasteiger partial charge in [0, 0.05) is 16.8 Å². The van der Waals surface area contributed by atoms with E-state index in [1.54, 1.807) is 0 Å². The number of carbonyl (C=O) groups is 2. The van der Waals surface area contributed by atoms with Gasteiger partial charge in [0.15, 0.2) is 0 Å². The second kappa shape index (κ2) is 10.4. The molecule has 1 fully saturated rings. The SMILES string of the molecule is CCC1CCC(C(=O)N(c2sc(-c3ccccc3)cc2C(=O)OC)C(C)C(C)C)CC1. The highest BCUT2D eigenvalue weighted by molar-refractivity contribution is 7.20. The van der Waals surface area contributed by atoms with Crippen molar-refractivity contribution in [2.45, 2.75) is 65.8 Å². The number of thiophene rings is 1. The molecule has 168 valence electrons. The number of nitrogens with zero attached hydrogens (tertiary/aromatic N) is 1. The monoisotopic (exact) mass is 441 g/mol. The summed E-state index contributed by atoms with van der Waals surface area (Å²) in [5, 5.41) is 0.717. The molecule has 5 heteroatoms. The lowest BCUT2D eigenvalue weighted by Gasteiger charge is -2.36. The Morgan fingerprint density at radius 3 is 2.29 bits per heavy atom. The highest BCUT2D eigenvalue weighted by atomic mass is 32.1. The third kappa shape index (κ3) is 5.20. The molecule has 2 aromatic rings. The maximum atomic E-state index is 13.8. The highest BCUT2D eigenvalue weighted by Crippen LogP contribution is 2.42. The van der Waals surface area contributed by atoms with Crippen LogP contribution in [0.1, 0.15) is 70.2 Å². The molecular weight excluding hydrogens is 406 g/mol. The molecule has 1 aromatic carbocycles. The van der Waals surface area contributed by atoms with Crippen molar-refractivity contribution in [3.63, 3.8) is 0 Å². The quantitative estimate of drug-likeness (QED) is 0.444. The van der Waals surface area contributed by atoms with Crippen LogP contribution in [-0.2, 0) is 9.53 Å². The van der Waals surface area contributed by atoms with Crippen molar-refractivity contribution in [3.05, 3.63) is 42.0 Å². The van der Waals surface area contributed by atoms with Crippen molar-refractivity contribution >= 4 is 28.2 Å². The summed E-state index contributed by atoms with van der Waals surface area (Å²) >= 11 is 1.51. The van der Waals surface area contributed by atoms with E-state index < -0.39 is 5.97 Å². The van der Waals surface area contributed by atoms with Gasteiger partial charge in [-0.3, -0.25) is 9.69 Å². The molecule has 1 aromatic heterocycles. The van der Waals surface area contributed by atoms with Gasteiger partial charge >= 0.3 is 5.97 Å². The Morgan fingerprint density at radius 1 is 1.10 bits per heavy atom. The minimum atomic E-state index is -0.392. The van der Waals surface area contributed by atoms with Gasteiger partial charge in [-0.05, 0) is 56.1 Å². The summed E-state index contributed by atoms with van der Waals surface area (Å²) in [7, 11) is 1.40. The van der Waals surface area contributed by atoms with Gasteiger partial charge in [-0.1, -0.05) is 57.5 Å². The lowest BCUT2D eigenvalue weighted by molar-refractivity contribution is -0.124. The van der Waals surface area contributed by atoms with Crippen LogP contribution in [0.2, 0.25) is 0 Å². The van der Waals surface area contributed by atoms with Gasteiger partial charge in [-0.25, -0.2) is 4.79 Å². The fourth-order valence-electron chi connectivity index (χ4n) is 4.36. The van der Waals surface area contributed by atoms with Gasteiger partial charge in [-0.15, -0.1) is 11.3 Å². The smallest absolute Gasteiger partial charge is 0.340 e. The third-order valence-corrected chi connectivity index (χ3v) is 7.96. The van der Waals surface area contributed by atoms with Crippen LogP contribution in [0.15, 0.2) is 36.4 Å². The molecule has 1 heterocycles. The van der Waals surface area contributed by atoms with Crippen LogP contribution in [0.4, 0.5) is 5.00 Å². The predicted molar refractivity (Wildman–Crippen MR) is 129 cm³/mol. The number of rotatable bonds is 7. The number of ether oxygens (including phenoxy) is 1. The number of hydrogen-bond donors (Lipinski definition) is 0. The zero-order chi connectivity index (χ0) is 22.5. The van der Waals surface area contributed by atoms with Crippen molar-refractivity contribution in [2.24, 2.45) is 17.8 Å². The first-order valence-electron chi connectivity index (χ1n) is 11.5. The summed E-state index contributed by atoms with van der Waals surface area (Å²) < 4.78 is 5.10. The highest BCUT2D eigenvalue weighted by Gasteiger charge is 2.36. The zero-order valence-electron chi connectivity index (χ0n) is 19.4. The standard InChI is InChI=1S/C26H35NO3S/c1-6-19-12-14-21(15-13-19)24(28)27(18(4)17(2)3)25-22(26(29)30-5)16-23(31-25)20-10-8-7-9-11-20/h7-11,16-19,21H,6,12-15H2,1-5H3. The molecule has 1 aliphatic rings. The number of benzene rings is 1. The number of carbonyl (C=O) groups excluding carboxylic acids is 2. The van der Waals surface area contributed by atoms with Crippen molar-refractivity contribution in [2.75, 3.05) is 12.0 Å². The van der Waals surface area contributed by atoms with Gasteiger partial charge < -0.3 is 4.74 Å². The van der Waals surface area contributed by atoms with E-state index >= 15 is 0 Å². The van der Waals surface area contributed by atoms with E-state index in [1.807, 2.05) is 41.3 Å². The molecule has 0 spiro atoms. The Balaban J connectivity index is 2.03. The van der Waals surface area contributed by atoms with Gasteiger partial charge in [0.1, 0.15) is 5.00 Å². The van der Waals surface area contributed by atoms with E-state index in [4.69, 9.17) is 4.74 Å². The van der Waals surface area contributed by atoms with E-state index in [-0.39, 0.29) is 23.8 Å². The molecule has 1 amide bonds. The Morgan fingerprint density at radius 2 is 1.74 bits per heavy atom. The Bertz CT molecular complexity index is 881.